The van der Waals surface area contributed by atoms with Crippen LogP contribution in [-0.4, -0.2) is 23.7 Å². The zero-order chi connectivity index (χ0) is 11.8. The van der Waals surface area contributed by atoms with Crippen molar-refractivity contribution in [2.24, 2.45) is 0 Å². The number of amides is 1. The molecule has 16 heavy (non-hydrogen) atoms. The molecule has 3 nitrogen and oxygen atoms in total. The van der Waals surface area contributed by atoms with Crippen molar-refractivity contribution in [1.29, 1.82) is 0 Å². The predicted octanol–water partition coefficient (Wildman–Crippen LogP) is 2.10. The third-order valence-corrected chi connectivity index (χ3v) is 4.10. The Balaban J connectivity index is 2.44. The van der Waals surface area contributed by atoms with Crippen LogP contribution in [0.3, 0.4) is 0 Å². The van der Waals surface area contributed by atoms with Gasteiger partial charge in [0.25, 0.3) is 0 Å². The van der Waals surface area contributed by atoms with Crippen LogP contribution < -0.4 is 10.6 Å². The molecule has 1 unspecified atom stereocenters. The highest BCUT2D eigenvalue weighted by atomic mass is 32.2. The lowest BCUT2D eigenvalue weighted by Gasteiger charge is -2.29. The number of para-hydroxylation sites is 1. The fourth-order valence-corrected chi connectivity index (χ4v) is 3.29. The summed E-state index contributed by atoms with van der Waals surface area (Å²) in [5.41, 5.74) is 0.906. The van der Waals surface area contributed by atoms with Crippen LogP contribution in [0.5, 0.6) is 0 Å². The summed E-state index contributed by atoms with van der Waals surface area (Å²) in [4.78, 5) is 13.2. The Morgan fingerprint density at radius 2 is 2.06 bits per heavy atom. The average Bonchev–Trinajstić information content (AvgIpc) is 2.29. The van der Waals surface area contributed by atoms with Crippen LogP contribution in [-0.2, 0) is 4.79 Å². The third-order valence-electron chi connectivity index (χ3n) is 2.76. The first-order valence-corrected chi connectivity index (χ1v) is 6.12. The quantitative estimate of drug-likeness (QED) is 0.784. The van der Waals surface area contributed by atoms with Crippen LogP contribution in [0.4, 0.5) is 5.69 Å². The van der Waals surface area contributed by atoms with E-state index in [9.17, 15) is 4.79 Å². The molecule has 1 aromatic rings. The Morgan fingerprint density at radius 1 is 1.38 bits per heavy atom. The minimum absolute atomic E-state index is 0.0324. The fourth-order valence-electron chi connectivity index (χ4n) is 2.00. The molecule has 0 spiro atoms. The van der Waals surface area contributed by atoms with Crippen molar-refractivity contribution >= 4 is 23.4 Å². The minimum atomic E-state index is -0.190. The molecule has 0 aromatic heterocycles. The molecule has 1 aliphatic heterocycles. The van der Waals surface area contributed by atoms with Crippen molar-refractivity contribution in [3.63, 3.8) is 0 Å². The number of carbonyl (C=O) groups excluding carboxylic acids is 1. The standard InChI is InChI=1S/C12H16N2OS/c1-12(2)10(13-3)11(15)14-8-6-4-5-7-9(8)16-12/h4-7,10,13H,1-3H3,(H,14,15). The number of hydrogen-bond acceptors (Lipinski definition) is 3. The topological polar surface area (TPSA) is 41.1 Å². The molecular weight excluding hydrogens is 220 g/mol. The monoisotopic (exact) mass is 236 g/mol. The van der Waals surface area contributed by atoms with Crippen LogP contribution in [0.25, 0.3) is 0 Å². The van der Waals surface area contributed by atoms with Crippen molar-refractivity contribution in [3.05, 3.63) is 24.3 Å². The highest BCUT2D eigenvalue weighted by molar-refractivity contribution is 8.01. The van der Waals surface area contributed by atoms with Crippen LogP contribution >= 0.6 is 11.8 Å². The molecule has 1 aliphatic rings. The maximum Gasteiger partial charge on any atom is 0.242 e. The van der Waals surface area contributed by atoms with Crippen molar-refractivity contribution in [3.8, 4) is 0 Å². The van der Waals surface area contributed by atoms with Crippen LogP contribution in [0.1, 0.15) is 13.8 Å². The summed E-state index contributed by atoms with van der Waals surface area (Å²) in [5, 5.41) is 6.04. The molecule has 1 atom stereocenters. The van der Waals surface area contributed by atoms with E-state index in [0.717, 1.165) is 10.6 Å². The predicted molar refractivity (Wildman–Crippen MR) is 67.9 cm³/mol. The zero-order valence-corrected chi connectivity index (χ0v) is 10.5. The Morgan fingerprint density at radius 3 is 2.75 bits per heavy atom. The number of nitrogens with one attached hydrogen (secondary N) is 2. The second kappa shape index (κ2) is 4.11. The molecule has 1 amide bonds. The summed E-state index contributed by atoms with van der Waals surface area (Å²) in [6.45, 7) is 4.17. The molecule has 0 aliphatic carbocycles. The van der Waals surface area contributed by atoms with Gasteiger partial charge in [0.05, 0.1) is 5.69 Å². The first-order valence-electron chi connectivity index (χ1n) is 5.31. The van der Waals surface area contributed by atoms with Gasteiger partial charge in [-0.3, -0.25) is 4.79 Å². The highest BCUT2D eigenvalue weighted by Crippen LogP contribution is 2.41. The molecule has 86 valence electrons. The van der Waals surface area contributed by atoms with Gasteiger partial charge in [-0.1, -0.05) is 12.1 Å². The van der Waals surface area contributed by atoms with Gasteiger partial charge in [-0.15, -0.1) is 11.8 Å². The van der Waals surface area contributed by atoms with Crippen LogP contribution in [0.2, 0.25) is 0 Å². The van der Waals surface area contributed by atoms with E-state index in [1.807, 2.05) is 31.3 Å². The third kappa shape index (κ3) is 1.95. The Hall–Kier alpha value is -1.00. The number of fused-ring (bicyclic) bond motifs is 1. The van der Waals surface area contributed by atoms with Gasteiger partial charge >= 0.3 is 0 Å². The Kier molecular flexibility index (Phi) is 2.95. The van der Waals surface area contributed by atoms with Gasteiger partial charge in [0.2, 0.25) is 5.91 Å². The Labute approximate surface area is 100.0 Å². The van der Waals surface area contributed by atoms with E-state index < -0.39 is 0 Å². The maximum absolute atomic E-state index is 12.0. The molecule has 0 saturated heterocycles. The van der Waals surface area contributed by atoms with E-state index in [0.29, 0.717) is 0 Å². The largest absolute Gasteiger partial charge is 0.324 e. The summed E-state index contributed by atoms with van der Waals surface area (Å²) in [5.74, 6) is 0.0324. The number of likely N-dealkylation sites (N-methyl/N-ethyl adjacent to an activating group) is 1. The van der Waals surface area contributed by atoms with Crippen molar-refractivity contribution < 1.29 is 4.79 Å². The van der Waals surface area contributed by atoms with E-state index in [1.54, 1.807) is 11.8 Å². The number of carbonyl (C=O) groups is 1. The summed E-state index contributed by atoms with van der Waals surface area (Å²) in [6.07, 6.45) is 0. The van der Waals surface area contributed by atoms with Crippen LogP contribution in [0, 0.1) is 0 Å². The van der Waals surface area contributed by atoms with E-state index in [2.05, 4.69) is 24.5 Å². The summed E-state index contributed by atoms with van der Waals surface area (Å²) in [6, 6.07) is 7.72. The first-order chi connectivity index (χ1) is 7.54. The summed E-state index contributed by atoms with van der Waals surface area (Å²) >= 11 is 1.73. The molecule has 0 saturated carbocycles. The SMILES string of the molecule is CNC1C(=O)Nc2ccccc2SC1(C)C. The van der Waals surface area contributed by atoms with Gasteiger partial charge < -0.3 is 10.6 Å². The normalized spacial score (nSPS) is 23.2. The van der Waals surface area contributed by atoms with Crippen LogP contribution in [0.15, 0.2) is 29.2 Å². The van der Waals surface area contributed by atoms with Crippen molar-refractivity contribution in [2.45, 2.75) is 29.5 Å². The van der Waals surface area contributed by atoms with Crippen molar-refractivity contribution in [1.82, 2.24) is 5.32 Å². The molecule has 0 bridgehead atoms. The van der Waals surface area contributed by atoms with E-state index in [4.69, 9.17) is 0 Å². The summed E-state index contributed by atoms with van der Waals surface area (Å²) < 4.78 is -0.161. The number of rotatable bonds is 1. The molecule has 1 aromatic carbocycles. The van der Waals surface area contributed by atoms with Gasteiger partial charge in [-0.25, -0.2) is 0 Å². The van der Waals surface area contributed by atoms with Gasteiger partial charge in [0, 0.05) is 9.64 Å². The molecule has 4 heteroatoms. The van der Waals surface area contributed by atoms with Crippen molar-refractivity contribution in [2.75, 3.05) is 12.4 Å². The lowest BCUT2D eigenvalue weighted by molar-refractivity contribution is -0.118. The number of hydrogen-bond donors (Lipinski definition) is 2. The summed E-state index contributed by atoms with van der Waals surface area (Å²) in [7, 11) is 1.82. The van der Waals surface area contributed by atoms with E-state index >= 15 is 0 Å². The smallest absolute Gasteiger partial charge is 0.242 e. The molecule has 0 fully saturated rings. The minimum Gasteiger partial charge on any atom is -0.324 e. The number of anilines is 1. The molecular formula is C12H16N2OS. The van der Waals surface area contributed by atoms with Gasteiger partial charge in [-0.2, -0.15) is 0 Å². The molecule has 2 N–H and O–H groups in total. The highest BCUT2D eigenvalue weighted by Gasteiger charge is 2.38. The molecule has 2 rings (SSSR count). The maximum atomic E-state index is 12.0. The molecule has 0 radical (unpaired) electrons. The first kappa shape index (κ1) is 11.5. The number of thioether (sulfide) groups is 1. The number of benzene rings is 1. The van der Waals surface area contributed by atoms with Gasteiger partial charge in [0.15, 0.2) is 0 Å². The average molecular weight is 236 g/mol. The molecule has 1 heterocycles. The van der Waals surface area contributed by atoms with Gasteiger partial charge in [-0.05, 0) is 33.0 Å². The lowest BCUT2D eigenvalue weighted by atomic mass is 10.0. The second-order valence-electron chi connectivity index (χ2n) is 4.41. The van der Waals surface area contributed by atoms with Gasteiger partial charge in [0.1, 0.15) is 6.04 Å². The van der Waals surface area contributed by atoms with E-state index in [1.165, 1.54) is 0 Å². The zero-order valence-electron chi connectivity index (χ0n) is 9.70. The Bertz CT molecular complexity index is 417. The second-order valence-corrected chi connectivity index (χ2v) is 6.11. The van der Waals surface area contributed by atoms with E-state index in [-0.39, 0.29) is 16.7 Å². The fraction of sp³-hybridized carbons (Fsp3) is 0.417. The lowest BCUT2D eigenvalue weighted by Crippen LogP contribution is -2.50.